The van der Waals surface area contributed by atoms with Crippen molar-refractivity contribution in [2.45, 2.75) is 38.9 Å². The molecule has 0 fully saturated rings. The number of nitrogens with one attached hydrogen (secondary N) is 1. The average Bonchev–Trinajstić information content (AvgIpc) is 3.35. The van der Waals surface area contributed by atoms with Gasteiger partial charge in [0.25, 0.3) is 5.91 Å². The van der Waals surface area contributed by atoms with E-state index in [9.17, 15) is 14.7 Å². The highest BCUT2D eigenvalue weighted by Crippen LogP contribution is 2.33. The Morgan fingerprint density at radius 3 is 2.74 bits per heavy atom. The van der Waals surface area contributed by atoms with Crippen molar-refractivity contribution in [3.8, 4) is 17.6 Å². The summed E-state index contributed by atoms with van der Waals surface area (Å²) in [5.74, 6) is -0.492. The van der Waals surface area contributed by atoms with Gasteiger partial charge in [0.15, 0.2) is 0 Å². The summed E-state index contributed by atoms with van der Waals surface area (Å²) in [6.07, 6.45) is -0.240. The van der Waals surface area contributed by atoms with Gasteiger partial charge in [0.1, 0.15) is 24.2 Å². The van der Waals surface area contributed by atoms with Crippen LogP contribution in [0.3, 0.4) is 0 Å². The fraction of sp³-hybridized carbons (Fsp3) is 0.269. The smallest absolute Gasteiger partial charge is 0.303 e. The fourth-order valence-electron chi connectivity index (χ4n) is 3.38. The zero-order valence-electron chi connectivity index (χ0n) is 18.8. The molecule has 0 aliphatic heterocycles. The number of aliphatic carboxylic acids is 1. The number of ether oxygens (including phenoxy) is 2. The third kappa shape index (κ3) is 7.09. The van der Waals surface area contributed by atoms with Crippen LogP contribution in [-0.2, 0) is 11.4 Å². The Kier molecular flexibility index (Phi) is 9.06. The van der Waals surface area contributed by atoms with E-state index in [2.05, 4.69) is 5.32 Å². The molecule has 0 saturated heterocycles. The van der Waals surface area contributed by atoms with E-state index < -0.39 is 12.1 Å². The first kappa shape index (κ1) is 24.8. The summed E-state index contributed by atoms with van der Waals surface area (Å²) in [6, 6.07) is 16.5. The monoisotopic (exact) mass is 478 g/mol. The predicted octanol–water partition coefficient (Wildman–Crippen LogP) is 5.26. The zero-order valence-corrected chi connectivity index (χ0v) is 19.6. The molecule has 7 nitrogen and oxygen atoms in total. The number of hydrogen-bond acceptors (Lipinski definition) is 6. The van der Waals surface area contributed by atoms with Crippen molar-refractivity contribution >= 4 is 23.2 Å². The maximum Gasteiger partial charge on any atom is 0.303 e. The van der Waals surface area contributed by atoms with Crippen LogP contribution in [0.4, 0.5) is 0 Å². The number of carbonyl (C=O) groups is 2. The number of thiophene rings is 1. The number of benzene rings is 2. The lowest BCUT2D eigenvalue weighted by Gasteiger charge is -2.23. The molecule has 1 amide bonds. The van der Waals surface area contributed by atoms with Gasteiger partial charge in [0, 0.05) is 19.0 Å². The van der Waals surface area contributed by atoms with E-state index in [1.807, 2.05) is 54.1 Å². The minimum Gasteiger partial charge on any atom is -0.489 e. The van der Waals surface area contributed by atoms with E-state index in [0.717, 1.165) is 16.7 Å². The van der Waals surface area contributed by atoms with Crippen molar-refractivity contribution in [3.05, 3.63) is 81.5 Å². The topological polar surface area (TPSA) is 109 Å². The Morgan fingerprint density at radius 2 is 2.03 bits per heavy atom. The molecule has 0 aliphatic rings. The zero-order chi connectivity index (χ0) is 24.3. The molecule has 176 valence electrons. The van der Waals surface area contributed by atoms with Crippen LogP contribution in [0.15, 0.2) is 59.3 Å². The molecule has 0 bridgehead atoms. The summed E-state index contributed by atoms with van der Waals surface area (Å²) in [5.41, 5.74) is 3.13. The molecule has 1 unspecified atom stereocenters. The van der Waals surface area contributed by atoms with Crippen LogP contribution < -0.4 is 14.8 Å². The maximum absolute atomic E-state index is 12.8. The van der Waals surface area contributed by atoms with Gasteiger partial charge in [-0.1, -0.05) is 24.3 Å². The minimum atomic E-state index is -0.926. The van der Waals surface area contributed by atoms with Crippen LogP contribution >= 0.6 is 11.3 Å². The number of hydrogen-bond donors (Lipinski definition) is 2. The van der Waals surface area contributed by atoms with E-state index in [4.69, 9.17) is 14.7 Å². The predicted molar refractivity (Wildman–Crippen MR) is 129 cm³/mol. The molecule has 3 rings (SSSR count). The van der Waals surface area contributed by atoms with Gasteiger partial charge in [-0.15, -0.1) is 0 Å². The van der Waals surface area contributed by atoms with E-state index >= 15 is 0 Å². The van der Waals surface area contributed by atoms with Gasteiger partial charge >= 0.3 is 5.97 Å². The standard InChI is InChI=1S/C26H26N2O5S/c1-18-5-2-3-6-21(18)23(9-10-25(29)30)33-24-15-20(32-16-19-11-14-34-17-19)7-8-22(24)26(31)28-13-4-12-27/h2-3,5-8,11,14-15,17,23H,4,9-10,13,16H2,1H3,(H,28,31)(H,29,30). The van der Waals surface area contributed by atoms with Crippen LogP contribution in [0.2, 0.25) is 0 Å². The fourth-order valence-corrected chi connectivity index (χ4v) is 4.03. The molecule has 34 heavy (non-hydrogen) atoms. The lowest BCUT2D eigenvalue weighted by molar-refractivity contribution is -0.137. The highest BCUT2D eigenvalue weighted by atomic mass is 32.1. The molecular formula is C26H26N2O5S. The second-order valence-corrected chi connectivity index (χ2v) is 8.42. The van der Waals surface area contributed by atoms with Crippen LogP contribution in [0.1, 0.15) is 52.4 Å². The van der Waals surface area contributed by atoms with Crippen molar-refractivity contribution in [1.82, 2.24) is 5.32 Å². The number of carbonyl (C=O) groups excluding carboxylic acids is 1. The molecule has 1 heterocycles. The third-order valence-corrected chi connectivity index (χ3v) is 5.86. The van der Waals surface area contributed by atoms with Crippen LogP contribution in [0.5, 0.6) is 11.5 Å². The van der Waals surface area contributed by atoms with Gasteiger partial charge in [-0.25, -0.2) is 0 Å². The summed E-state index contributed by atoms with van der Waals surface area (Å²) in [4.78, 5) is 24.1. The second kappa shape index (κ2) is 12.4. The summed E-state index contributed by atoms with van der Waals surface area (Å²) < 4.78 is 12.2. The highest BCUT2D eigenvalue weighted by Gasteiger charge is 2.21. The first-order valence-electron chi connectivity index (χ1n) is 10.8. The normalized spacial score (nSPS) is 11.3. The van der Waals surface area contributed by atoms with Gasteiger partial charge in [0.2, 0.25) is 0 Å². The Hall–Kier alpha value is -3.83. The molecule has 1 aromatic heterocycles. The Labute approximate surface area is 202 Å². The average molecular weight is 479 g/mol. The second-order valence-electron chi connectivity index (χ2n) is 7.64. The molecule has 0 saturated carbocycles. The van der Waals surface area contributed by atoms with Crippen LogP contribution in [0, 0.1) is 18.3 Å². The van der Waals surface area contributed by atoms with Crippen molar-refractivity contribution in [2.75, 3.05) is 6.54 Å². The molecule has 2 N–H and O–H groups in total. The SMILES string of the molecule is Cc1ccccc1C(CCC(=O)O)Oc1cc(OCc2ccsc2)ccc1C(=O)NCCC#N. The van der Waals surface area contributed by atoms with Crippen LogP contribution in [0.25, 0.3) is 0 Å². The molecule has 0 aliphatic carbocycles. The van der Waals surface area contributed by atoms with Crippen molar-refractivity contribution in [2.24, 2.45) is 0 Å². The third-order valence-electron chi connectivity index (χ3n) is 5.13. The lowest BCUT2D eigenvalue weighted by atomic mass is 9.99. The Morgan fingerprint density at radius 1 is 1.21 bits per heavy atom. The molecule has 0 spiro atoms. The quantitative estimate of drug-likeness (QED) is 0.344. The number of nitriles is 1. The van der Waals surface area contributed by atoms with Crippen molar-refractivity contribution < 1.29 is 24.2 Å². The number of carboxylic acids is 1. The first-order chi connectivity index (χ1) is 16.5. The maximum atomic E-state index is 12.8. The van der Waals surface area contributed by atoms with E-state index in [1.54, 1.807) is 29.5 Å². The minimum absolute atomic E-state index is 0.0863. The molecule has 3 aromatic rings. The van der Waals surface area contributed by atoms with E-state index in [1.165, 1.54) is 0 Å². The molecule has 1 atom stereocenters. The summed E-state index contributed by atoms with van der Waals surface area (Å²) in [6.45, 7) is 2.52. The lowest BCUT2D eigenvalue weighted by Crippen LogP contribution is -2.25. The highest BCUT2D eigenvalue weighted by molar-refractivity contribution is 7.07. The van der Waals surface area contributed by atoms with Gasteiger partial charge in [-0.3, -0.25) is 9.59 Å². The van der Waals surface area contributed by atoms with Gasteiger partial charge in [-0.05, 0) is 59.0 Å². The summed E-state index contributed by atoms with van der Waals surface area (Å²) >= 11 is 1.58. The molecule has 0 radical (unpaired) electrons. The molecule has 2 aromatic carbocycles. The van der Waals surface area contributed by atoms with E-state index in [0.29, 0.717) is 12.4 Å². The number of amides is 1. The number of rotatable bonds is 12. The largest absolute Gasteiger partial charge is 0.489 e. The Bertz CT molecular complexity index is 1150. The molecular weight excluding hydrogens is 452 g/mol. The number of carboxylic acid groups (broad SMARTS) is 1. The first-order valence-corrected chi connectivity index (χ1v) is 11.8. The van der Waals surface area contributed by atoms with Gasteiger partial charge in [-0.2, -0.15) is 16.6 Å². The van der Waals surface area contributed by atoms with Gasteiger partial charge < -0.3 is 19.9 Å². The number of nitrogens with zero attached hydrogens (tertiary/aromatic N) is 1. The molecule has 8 heteroatoms. The van der Waals surface area contributed by atoms with Crippen molar-refractivity contribution in [3.63, 3.8) is 0 Å². The van der Waals surface area contributed by atoms with E-state index in [-0.39, 0.29) is 43.0 Å². The summed E-state index contributed by atoms with van der Waals surface area (Å²) in [5, 5.41) is 24.7. The van der Waals surface area contributed by atoms with Crippen molar-refractivity contribution in [1.29, 1.82) is 5.26 Å². The number of aryl methyl sites for hydroxylation is 1. The van der Waals surface area contributed by atoms with Crippen LogP contribution in [-0.4, -0.2) is 23.5 Å². The Balaban J connectivity index is 1.91. The van der Waals surface area contributed by atoms with Gasteiger partial charge in [0.05, 0.1) is 18.1 Å². The summed E-state index contributed by atoms with van der Waals surface area (Å²) in [7, 11) is 0.